The van der Waals surface area contributed by atoms with Gasteiger partial charge in [0.1, 0.15) is 36.6 Å². The van der Waals surface area contributed by atoms with Crippen LogP contribution in [0.25, 0.3) is 0 Å². The number of benzene rings is 5. The summed E-state index contributed by atoms with van der Waals surface area (Å²) in [5.41, 5.74) is 4.93. The number of hydrogen-bond donors (Lipinski definition) is 1. The second kappa shape index (κ2) is 21.5. The molecule has 1 aliphatic heterocycles. The second-order valence-corrected chi connectivity index (χ2v) is 13.9. The molecule has 1 aliphatic rings. The molecule has 1 fully saturated rings. The number of ether oxygens (including phenoxy) is 7. The van der Waals surface area contributed by atoms with Crippen molar-refractivity contribution in [3.8, 4) is 0 Å². The van der Waals surface area contributed by atoms with Crippen LogP contribution in [-0.4, -0.2) is 60.3 Å². The highest BCUT2D eigenvalue weighted by Gasteiger charge is 2.49. The van der Waals surface area contributed by atoms with Gasteiger partial charge in [-0.1, -0.05) is 157 Å². The van der Waals surface area contributed by atoms with Crippen molar-refractivity contribution >= 4 is 0 Å². The normalized spacial score (nSPS) is 20.5. The molecule has 7 rings (SSSR count). The van der Waals surface area contributed by atoms with Gasteiger partial charge in [-0.05, 0) is 27.8 Å². The summed E-state index contributed by atoms with van der Waals surface area (Å²) in [6.45, 7) is 1.45. The number of nitrogens with zero attached hydrogens (tertiary/aromatic N) is 1. The van der Waals surface area contributed by atoms with Crippen LogP contribution in [-0.2, 0) is 66.2 Å². The maximum absolute atomic E-state index is 11.7. The topological polar surface area (TPSA) is 111 Å². The Kier molecular flexibility index (Phi) is 15.2. The summed E-state index contributed by atoms with van der Waals surface area (Å²) in [6, 6.07) is 51.2. The zero-order valence-corrected chi connectivity index (χ0v) is 31.7. The quantitative estimate of drug-likeness (QED) is 0.0773. The molecule has 5 aromatic carbocycles. The van der Waals surface area contributed by atoms with Gasteiger partial charge < -0.3 is 42.8 Å². The van der Waals surface area contributed by atoms with Crippen LogP contribution in [0.15, 0.2) is 168 Å². The number of aliphatic hydroxyl groups is 1. The summed E-state index contributed by atoms with van der Waals surface area (Å²) < 4.78 is 51.6. The Hall–Kier alpha value is -5.01. The molecule has 1 N–H and O–H groups in total. The first-order chi connectivity index (χ1) is 28.2. The summed E-state index contributed by atoms with van der Waals surface area (Å²) in [5, 5.41) is 15.5. The molecule has 0 saturated carbocycles. The van der Waals surface area contributed by atoms with Gasteiger partial charge in [-0.25, -0.2) is 0 Å². The molecule has 296 valence electrons. The third kappa shape index (κ3) is 12.0. The minimum absolute atomic E-state index is 0.175. The van der Waals surface area contributed by atoms with E-state index < -0.39 is 42.9 Å². The highest BCUT2D eigenvalue weighted by atomic mass is 16.7. The van der Waals surface area contributed by atoms with Crippen LogP contribution in [0.1, 0.15) is 39.7 Å². The molecule has 10 heteroatoms. The number of aromatic nitrogens is 1. The summed E-state index contributed by atoms with van der Waals surface area (Å²) >= 11 is 0. The van der Waals surface area contributed by atoms with Gasteiger partial charge in [-0.2, -0.15) is 0 Å². The Labute approximate surface area is 333 Å². The zero-order valence-electron chi connectivity index (χ0n) is 31.7. The van der Waals surface area contributed by atoms with E-state index in [-0.39, 0.29) is 33.0 Å². The molecule has 1 aromatic heterocycles. The van der Waals surface area contributed by atoms with Crippen LogP contribution in [0.5, 0.6) is 0 Å². The van der Waals surface area contributed by atoms with Gasteiger partial charge in [0.15, 0.2) is 12.1 Å². The van der Waals surface area contributed by atoms with Crippen molar-refractivity contribution in [1.82, 2.24) is 5.16 Å². The lowest BCUT2D eigenvalue weighted by molar-refractivity contribution is -0.332. The van der Waals surface area contributed by atoms with E-state index in [4.69, 9.17) is 37.7 Å². The SMILES string of the molecule is O[C@H](CO[C@H]1O[C@H](COCc2ccccc2)[C@H](OCc2ccccc2)[C@H](OCc2ccccc2)[C@H]1OCc1ccccc1)[C@@H](OCc1ccccc1)c1ccno1. The van der Waals surface area contributed by atoms with Gasteiger partial charge in [-0.3, -0.25) is 0 Å². The summed E-state index contributed by atoms with van der Waals surface area (Å²) in [6.07, 6.45) is -4.28. The summed E-state index contributed by atoms with van der Waals surface area (Å²) in [7, 11) is 0. The van der Waals surface area contributed by atoms with E-state index in [1.807, 2.05) is 152 Å². The smallest absolute Gasteiger partial charge is 0.187 e. The molecule has 57 heavy (non-hydrogen) atoms. The van der Waals surface area contributed by atoms with E-state index in [0.29, 0.717) is 19.0 Å². The van der Waals surface area contributed by atoms with Crippen molar-refractivity contribution in [2.75, 3.05) is 13.2 Å². The predicted octanol–water partition coefficient (Wildman–Crippen LogP) is 8.01. The molecular formula is C47H49NO9. The van der Waals surface area contributed by atoms with E-state index >= 15 is 0 Å². The minimum Gasteiger partial charge on any atom is -0.387 e. The van der Waals surface area contributed by atoms with Crippen molar-refractivity contribution in [2.24, 2.45) is 0 Å². The molecular weight excluding hydrogens is 723 g/mol. The fourth-order valence-electron chi connectivity index (χ4n) is 6.68. The minimum atomic E-state index is -1.16. The second-order valence-electron chi connectivity index (χ2n) is 13.9. The molecule has 0 unspecified atom stereocenters. The van der Waals surface area contributed by atoms with Crippen LogP contribution in [0.3, 0.4) is 0 Å². The fraction of sp³-hybridized carbons (Fsp3) is 0.298. The van der Waals surface area contributed by atoms with E-state index in [0.717, 1.165) is 27.8 Å². The van der Waals surface area contributed by atoms with E-state index in [1.54, 1.807) is 6.07 Å². The summed E-state index contributed by atoms with van der Waals surface area (Å²) in [4.78, 5) is 0. The fourth-order valence-corrected chi connectivity index (χ4v) is 6.68. The Bertz CT molecular complexity index is 1950. The first-order valence-electron chi connectivity index (χ1n) is 19.3. The third-order valence-electron chi connectivity index (χ3n) is 9.63. The Morgan fingerprint density at radius 1 is 0.509 bits per heavy atom. The van der Waals surface area contributed by atoms with Crippen molar-refractivity contribution in [2.45, 2.75) is 75.9 Å². The maximum atomic E-state index is 11.7. The zero-order chi connectivity index (χ0) is 38.9. The molecule has 0 amide bonds. The van der Waals surface area contributed by atoms with Crippen LogP contribution >= 0.6 is 0 Å². The van der Waals surface area contributed by atoms with Crippen molar-refractivity contribution < 1.29 is 42.8 Å². The Morgan fingerprint density at radius 3 is 1.46 bits per heavy atom. The van der Waals surface area contributed by atoms with Crippen LogP contribution < -0.4 is 0 Å². The van der Waals surface area contributed by atoms with Crippen LogP contribution in [0, 0.1) is 0 Å². The Morgan fingerprint density at radius 2 is 0.965 bits per heavy atom. The van der Waals surface area contributed by atoms with Crippen molar-refractivity contribution in [1.29, 1.82) is 0 Å². The Balaban J connectivity index is 1.17. The molecule has 2 heterocycles. The standard InChI is InChI=1S/C47H49NO9/c49-40(43(41-26-27-48-57-41)51-29-36-18-8-2-9-19-36)33-55-47-46(54-32-39-24-14-5-15-25-39)45(53-31-38-22-12-4-13-23-38)44(52-30-37-20-10-3-11-21-37)42(56-47)34-50-28-35-16-6-1-7-17-35/h1-27,40,42-47,49H,28-34H2/t40-,42-,43-,44+,45+,46-,47+/m1/s1. The largest absolute Gasteiger partial charge is 0.387 e. The van der Waals surface area contributed by atoms with Crippen LogP contribution in [0.4, 0.5) is 0 Å². The first-order valence-corrected chi connectivity index (χ1v) is 19.3. The highest BCUT2D eigenvalue weighted by Crippen LogP contribution is 2.33. The lowest BCUT2D eigenvalue weighted by Crippen LogP contribution is -2.62. The molecule has 0 radical (unpaired) electrons. The lowest BCUT2D eigenvalue weighted by atomic mass is 9.97. The van der Waals surface area contributed by atoms with E-state index in [2.05, 4.69) is 5.16 Å². The van der Waals surface area contributed by atoms with Gasteiger partial charge in [0.05, 0.1) is 52.4 Å². The monoisotopic (exact) mass is 771 g/mol. The third-order valence-corrected chi connectivity index (χ3v) is 9.63. The molecule has 0 spiro atoms. The van der Waals surface area contributed by atoms with Crippen molar-refractivity contribution in [3.05, 3.63) is 197 Å². The predicted molar refractivity (Wildman–Crippen MR) is 212 cm³/mol. The number of aliphatic hydroxyl groups excluding tert-OH is 1. The van der Waals surface area contributed by atoms with Gasteiger partial charge in [-0.15, -0.1) is 0 Å². The van der Waals surface area contributed by atoms with Gasteiger partial charge >= 0.3 is 0 Å². The van der Waals surface area contributed by atoms with Crippen LogP contribution in [0.2, 0.25) is 0 Å². The average molecular weight is 772 g/mol. The highest BCUT2D eigenvalue weighted by molar-refractivity contribution is 5.17. The van der Waals surface area contributed by atoms with Gasteiger partial charge in [0.25, 0.3) is 0 Å². The van der Waals surface area contributed by atoms with E-state index in [9.17, 15) is 5.11 Å². The summed E-state index contributed by atoms with van der Waals surface area (Å²) in [5.74, 6) is 0.370. The van der Waals surface area contributed by atoms with E-state index in [1.165, 1.54) is 6.20 Å². The molecule has 10 nitrogen and oxygen atoms in total. The molecule has 7 atom stereocenters. The molecule has 6 aromatic rings. The first kappa shape index (κ1) is 40.2. The molecule has 0 aliphatic carbocycles. The van der Waals surface area contributed by atoms with Gasteiger partial charge in [0, 0.05) is 6.07 Å². The average Bonchev–Trinajstić information content (AvgIpc) is 3.81. The van der Waals surface area contributed by atoms with Gasteiger partial charge in [0.2, 0.25) is 0 Å². The molecule has 0 bridgehead atoms. The van der Waals surface area contributed by atoms with Crippen molar-refractivity contribution in [3.63, 3.8) is 0 Å². The number of rotatable bonds is 21. The lowest BCUT2D eigenvalue weighted by Gasteiger charge is -2.46. The molecule has 1 saturated heterocycles. The maximum Gasteiger partial charge on any atom is 0.187 e. The number of hydrogen-bond acceptors (Lipinski definition) is 10.